The number of amides is 2. The molecule has 0 aliphatic rings. The van der Waals surface area contributed by atoms with Crippen LogP contribution in [0.1, 0.15) is 20.3 Å². The third kappa shape index (κ3) is 3.74. The molecule has 0 spiro atoms. The zero-order valence-corrected chi connectivity index (χ0v) is 9.04. The van der Waals surface area contributed by atoms with Gasteiger partial charge in [0.25, 0.3) is 0 Å². The molecule has 0 aliphatic heterocycles. The Balaban J connectivity index is 4.26. The first-order valence-electron chi connectivity index (χ1n) is 4.81. The van der Waals surface area contributed by atoms with Gasteiger partial charge >= 0.3 is 0 Å². The van der Waals surface area contributed by atoms with Gasteiger partial charge in [0.2, 0.25) is 11.8 Å². The van der Waals surface area contributed by atoms with Gasteiger partial charge in [-0.2, -0.15) is 0 Å². The van der Waals surface area contributed by atoms with Crippen LogP contribution in [0.4, 0.5) is 0 Å². The second-order valence-corrected chi connectivity index (χ2v) is 3.04. The summed E-state index contributed by atoms with van der Waals surface area (Å²) in [6, 6.07) is -0.500. The molecule has 0 aromatic rings. The lowest BCUT2D eigenvalue weighted by Crippen LogP contribution is -2.47. The molecule has 5 nitrogen and oxygen atoms in total. The van der Waals surface area contributed by atoms with Crippen molar-refractivity contribution >= 4 is 11.8 Å². The Morgan fingerprint density at radius 2 is 2.00 bits per heavy atom. The number of hydrogen-bond acceptors (Lipinski definition) is 3. The number of carbonyl (C=O) groups is 2. The van der Waals surface area contributed by atoms with Crippen LogP contribution in [-0.2, 0) is 9.59 Å². The Labute approximate surface area is 84.6 Å². The quantitative estimate of drug-likeness (QED) is 0.618. The number of hydrogen-bond donors (Lipinski definition) is 2. The van der Waals surface area contributed by atoms with E-state index in [2.05, 4.69) is 5.32 Å². The summed E-state index contributed by atoms with van der Waals surface area (Å²) in [5, 5.41) is 2.47. The molecule has 0 aromatic carbocycles. The highest BCUT2D eigenvalue weighted by molar-refractivity contribution is 5.87. The number of rotatable bonds is 5. The molecule has 0 heterocycles. The summed E-state index contributed by atoms with van der Waals surface area (Å²) in [7, 11) is 1.54. The van der Waals surface area contributed by atoms with E-state index in [0.29, 0.717) is 13.0 Å². The predicted molar refractivity (Wildman–Crippen MR) is 54.6 cm³/mol. The molecule has 82 valence electrons. The Morgan fingerprint density at radius 3 is 2.36 bits per heavy atom. The van der Waals surface area contributed by atoms with Gasteiger partial charge in [0, 0.05) is 13.6 Å². The van der Waals surface area contributed by atoms with Gasteiger partial charge in [-0.3, -0.25) is 9.59 Å². The Kier molecular flexibility index (Phi) is 5.87. The monoisotopic (exact) mass is 201 g/mol. The fourth-order valence-electron chi connectivity index (χ4n) is 1.01. The minimum atomic E-state index is -0.500. The van der Waals surface area contributed by atoms with Gasteiger partial charge in [0.05, 0.1) is 12.6 Å². The topological polar surface area (TPSA) is 75.4 Å². The Morgan fingerprint density at radius 1 is 1.43 bits per heavy atom. The lowest BCUT2D eigenvalue weighted by molar-refractivity contribution is -0.136. The van der Waals surface area contributed by atoms with Crippen LogP contribution in [0.3, 0.4) is 0 Å². The highest BCUT2D eigenvalue weighted by atomic mass is 16.2. The van der Waals surface area contributed by atoms with Crippen molar-refractivity contribution in [3.63, 3.8) is 0 Å². The highest BCUT2D eigenvalue weighted by Gasteiger charge is 2.19. The third-order valence-electron chi connectivity index (χ3n) is 2.06. The van der Waals surface area contributed by atoms with Gasteiger partial charge in [0.15, 0.2) is 0 Å². The van der Waals surface area contributed by atoms with Crippen LogP contribution in [0, 0.1) is 0 Å². The SMILES string of the molecule is CC[C@@H](N)C(=O)N(CC)CC(=O)NC. The molecule has 2 amide bonds. The fourth-order valence-corrected chi connectivity index (χ4v) is 1.01. The molecule has 0 rings (SSSR count). The van der Waals surface area contributed by atoms with Crippen LogP contribution in [0.25, 0.3) is 0 Å². The van der Waals surface area contributed by atoms with Crippen molar-refractivity contribution in [2.45, 2.75) is 26.3 Å². The van der Waals surface area contributed by atoms with Gasteiger partial charge in [0.1, 0.15) is 0 Å². The summed E-state index contributed by atoms with van der Waals surface area (Å²) in [5.74, 6) is -0.345. The lowest BCUT2D eigenvalue weighted by atomic mass is 10.2. The van der Waals surface area contributed by atoms with Crippen LogP contribution >= 0.6 is 0 Å². The minimum absolute atomic E-state index is 0.0829. The van der Waals surface area contributed by atoms with Gasteiger partial charge in [-0.15, -0.1) is 0 Å². The summed E-state index contributed by atoms with van der Waals surface area (Å²) >= 11 is 0. The van der Waals surface area contributed by atoms with Gasteiger partial charge in [-0.05, 0) is 13.3 Å². The van der Waals surface area contributed by atoms with E-state index in [0.717, 1.165) is 0 Å². The molecule has 0 bridgehead atoms. The molecule has 0 saturated carbocycles. The smallest absolute Gasteiger partial charge is 0.239 e. The van der Waals surface area contributed by atoms with Crippen molar-refractivity contribution in [1.82, 2.24) is 10.2 Å². The number of nitrogens with zero attached hydrogens (tertiary/aromatic N) is 1. The second-order valence-electron chi connectivity index (χ2n) is 3.04. The maximum Gasteiger partial charge on any atom is 0.239 e. The standard InChI is InChI=1S/C9H19N3O2/c1-4-7(10)9(14)12(5-2)6-8(13)11-3/h7H,4-6,10H2,1-3H3,(H,11,13)/t7-/m1/s1. The van der Waals surface area contributed by atoms with E-state index in [4.69, 9.17) is 5.73 Å². The van der Waals surface area contributed by atoms with E-state index in [1.165, 1.54) is 4.90 Å². The number of nitrogens with one attached hydrogen (secondary N) is 1. The number of nitrogens with two attached hydrogens (primary N) is 1. The van der Waals surface area contributed by atoms with Crippen molar-refractivity contribution in [2.75, 3.05) is 20.1 Å². The normalized spacial score (nSPS) is 12.0. The van der Waals surface area contributed by atoms with E-state index in [1.54, 1.807) is 7.05 Å². The van der Waals surface area contributed by atoms with Crippen LogP contribution < -0.4 is 11.1 Å². The third-order valence-corrected chi connectivity index (χ3v) is 2.06. The molecule has 0 fully saturated rings. The number of carbonyl (C=O) groups excluding carboxylic acids is 2. The van der Waals surface area contributed by atoms with E-state index < -0.39 is 6.04 Å². The first kappa shape index (κ1) is 12.9. The van der Waals surface area contributed by atoms with E-state index in [9.17, 15) is 9.59 Å². The molecule has 0 aliphatic carbocycles. The van der Waals surface area contributed by atoms with Crippen molar-refractivity contribution in [3.05, 3.63) is 0 Å². The summed E-state index contributed by atoms with van der Waals surface area (Å²) in [4.78, 5) is 24.1. The molecule has 1 atom stereocenters. The summed E-state index contributed by atoms with van der Waals surface area (Å²) in [6.07, 6.45) is 0.586. The molecule has 0 saturated heterocycles. The van der Waals surface area contributed by atoms with Crippen molar-refractivity contribution in [2.24, 2.45) is 5.73 Å². The Hall–Kier alpha value is -1.10. The van der Waals surface area contributed by atoms with Gasteiger partial charge < -0.3 is 16.0 Å². The van der Waals surface area contributed by atoms with Crippen molar-refractivity contribution < 1.29 is 9.59 Å². The van der Waals surface area contributed by atoms with Gasteiger partial charge in [-0.25, -0.2) is 0 Å². The maximum absolute atomic E-state index is 11.6. The average molecular weight is 201 g/mol. The lowest BCUT2D eigenvalue weighted by Gasteiger charge is -2.22. The van der Waals surface area contributed by atoms with Crippen LogP contribution in [0.5, 0.6) is 0 Å². The minimum Gasteiger partial charge on any atom is -0.358 e. The molecule has 0 aromatic heterocycles. The molecular formula is C9H19N3O2. The molecule has 3 N–H and O–H groups in total. The highest BCUT2D eigenvalue weighted by Crippen LogP contribution is 1.96. The summed E-state index contributed by atoms with van der Waals surface area (Å²) in [6.45, 7) is 4.25. The summed E-state index contributed by atoms with van der Waals surface area (Å²) < 4.78 is 0. The number of likely N-dealkylation sites (N-methyl/N-ethyl adjacent to an activating group) is 2. The molecular weight excluding hydrogens is 182 g/mol. The van der Waals surface area contributed by atoms with E-state index in [-0.39, 0.29) is 18.4 Å². The molecule has 0 radical (unpaired) electrons. The zero-order chi connectivity index (χ0) is 11.1. The average Bonchev–Trinajstić information content (AvgIpc) is 2.23. The van der Waals surface area contributed by atoms with Crippen LogP contribution in [0.2, 0.25) is 0 Å². The maximum atomic E-state index is 11.6. The molecule has 14 heavy (non-hydrogen) atoms. The van der Waals surface area contributed by atoms with Crippen molar-refractivity contribution in [3.8, 4) is 0 Å². The van der Waals surface area contributed by atoms with E-state index in [1.807, 2.05) is 13.8 Å². The summed E-state index contributed by atoms with van der Waals surface area (Å²) in [5.41, 5.74) is 5.59. The first-order valence-corrected chi connectivity index (χ1v) is 4.81. The zero-order valence-electron chi connectivity index (χ0n) is 9.04. The van der Waals surface area contributed by atoms with Crippen LogP contribution in [-0.4, -0.2) is 42.9 Å². The molecule has 0 unspecified atom stereocenters. The fraction of sp³-hybridized carbons (Fsp3) is 0.778. The largest absolute Gasteiger partial charge is 0.358 e. The van der Waals surface area contributed by atoms with E-state index >= 15 is 0 Å². The first-order chi connectivity index (χ1) is 6.56. The van der Waals surface area contributed by atoms with Crippen molar-refractivity contribution in [1.29, 1.82) is 0 Å². The van der Waals surface area contributed by atoms with Gasteiger partial charge in [-0.1, -0.05) is 6.92 Å². The second kappa shape index (κ2) is 6.37. The molecule has 5 heteroatoms. The Bertz CT molecular complexity index is 206. The predicted octanol–water partition coefficient (Wildman–Crippen LogP) is -0.682. The van der Waals surface area contributed by atoms with Crippen LogP contribution in [0.15, 0.2) is 0 Å².